The van der Waals surface area contributed by atoms with Gasteiger partial charge in [0.15, 0.2) is 0 Å². The van der Waals surface area contributed by atoms with Gasteiger partial charge < -0.3 is 15.5 Å². The first-order chi connectivity index (χ1) is 11.3. The smallest absolute Gasteiger partial charge is 0.269 e. The van der Waals surface area contributed by atoms with Gasteiger partial charge in [0, 0.05) is 19.3 Å². The van der Waals surface area contributed by atoms with Gasteiger partial charge in [-0.05, 0) is 43.5 Å². The summed E-state index contributed by atoms with van der Waals surface area (Å²) in [6.07, 6.45) is 5.67. The van der Waals surface area contributed by atoms with Crippen molar-refractivity contribution in [2.75, 3.05) is 13.1 Å². The number of rotatable bonds is 2. The van der Waals surface area contributed by atoms with E-state index in [1.807, 2.05) is 6.07 Å². The number of fused-ring (bicyclic) bond motifs is 1. The van der Waals surface area contributed by atoms with Gasteiger partial charge in [0.2, 0.25) is 0 Å². The molecule has 5 heteroatoms. The molecule has 0 bridgehead atoms. The van der Waals surface area contributed by atoms with Crippen LogP contribution in [0.1, 0.15) is 49.3 Å². The van der Waals surface area contributed by atoms with Crippen LogP contribution in [-0.2, 0) is 16.1 Å². The first-order valence-corrected chi connectivity index (χ1v) is 8.60. The summed E-state index contributed by atoms with van der Waals surface area (Å²) in [6, 6.07) is 8.50. The minimum absolute atomic E-state index is 0.0675. The van der Waals surface area contributed by atoms with Crippen LogP contribution in [0.3, 0.4) is 0 Å². The molecule has 1 aromatic rings. The molecule has 23 heavy (non-hydrogen) atoms. The van der Waals surface area contributed by atoms with E-state index < -0.39 is 0 Å². The topological polar surface area (TPSA) is 62.7 Å². The summed E-state index contributed by atoms with van der Waals surface area (Å²) in [5, 5.41) is 10.6. The summed E-state index contributed by atoms with van der Waals surface area (Å²) in [6.45, 7) is 1.86. The summed E-state index contributed by atoms with van der Waals surface area (Å²) in [5.74, 6) is -0.0675. The predicted molar refractivity (Wildman–Crippen MR) is 88.2 cm³/mol. The molecule has 1 aliphatic carbocycles. The third-order valence-corrected chi connectivity index (χ3v) is 5.29. The average Bonchev–Trinajstić information content (AvgIpc) is 2.99. The first kappa shape index (κ1) is 14.7. The Morgan fingerprint density at radius 1 is 1.30 bits per heavy atom. The molecule has 2 N–H and O–H groups in total. The second kappa shape index (κ2) is 5.96. The van der Waals surface area contributed by atoms with E-state index in [1.54, 1.807) is 0 Å². The highest BCUT2D eigenvalue weighted by Gasteiger charge is 2.42. The molecule has 2 aliphatic heterocycles. The number of benzene rings is 1. The quantitative estimate of drug-likeness (QED) is 0.879. The lowest BCUT2D eigenvalue weighted by Gasteiger charge is -2.31. The average molecular weight is 313 g/mol. The maximum Gasteiger partial charge on any atom is 0.269 e. The van der Waals surface area contributed by atoms with Crippen molar-refractivity contribution in [3.05, 3.63) is 35.4 Å². The fourth-order valence-electron chi connectivity index (χ4n) is 3.94. The van der Waals surface area contributed by atoms with Crippen LogP contribution in [0, 0.1) is 0 Å². The molecule has 122 valence electrons. The SMILES string of the molecule is O=C(N[C@H]1CCCc2ccccc21)C1=NOC2(CCNCC2)C1. The van der Waals surface area contributed by atoms with Crippen LogP contribution in [0.5, 0.6) is 0 Å². The molecule has 1 saturated heterocycles. The highest BCUT2D eigenvalue weighted by Crippen LogP contribution is 2.33. The minimum atomic E-state index is -0.248. The molecule has 0 radical (unpaired) electrons. The summed E-state index contributed by atoms with van der Waals surface area (Å²) < 4.78 is 0. The lowest BCUT2D eigenvalue weighted by Crippen LogP contribution is -2.43. The number of nitrogens with one attached hydrogen (secondary N) is 2. The van der Waals surface area contributed by atoms with Crippen molar-refractivity contribution in [3.63, 3.8) is 0 Å². The molecule has 5 nitrogen and oxygen atoms in total. The number of carbonyl (C=O) groups is 1. The summed E-state index contributed by atoms with van der Waals surface area (Å²) >= 11 is 0. The molecule has 1 aromatic carbocycles. The third kappa shape index (κ3) is 2.85. The van der Waals surface area contributed by atoms with Crippen LogP contribution in [0.2, 0.25) is 0 Å². The number of piperidine rings is 1. The van der Waals surface area contributed by atoms with Crippen molar-refractivity contribution in [1.29, 1.82) is 0 Å². The molecule has 1 fully saturated rings. The van der Waals surface area contributed by atoms with E-state index in [0.29, 0.717) is 12.1 Å². The van der Waals surface area contributed by atoms with Crippen LogP contribution in [0.15, 0.2) is 29.4 Å². The Bertz CT molecular complexity index is 635. The highest BCUT2D eigenvalue weighted by molar-refractivity contribution is 6.39. The fraction of sp³-hybridized carbons (Fsp3) is 0.556. The van der Waals surface area contributed by atoms with Gasteiger partial charge in [0.05, 0.1) is 6.04 Å². The Kier molecular flexibility index (Phi) is 3.81. The second-order valence-electron chi connectivity index (χ2n) is 6.86. The summed E-state index contributed by atoms with van der Waals surface area (Å²) in [7, 11) is 0. The molecule has 1 spiro atoms. The van der Waals surface area contributed by atoms with E-state index in [0.717, 1.165) is 45.2 Å². The minimum Gasteiger partial charge on any atom is -0.388 e. The van der Waals surface area contributed by atoms with E-state index in [-0.39, 0.29) is 17.6 Å². The largest absolute Gasteiger partial charge is 0.388 e. The standard InChI is InChI=1S/C18H23N3O2/c22-17(16-12-18(23-21-16)8-10-19-11-9-18)20-15-7-3-5-13-4-1-2-6-14(13)15/h1-2,4,6,15,19H,3,5,7-12H2,(H,20,22)/t15-/m0/s1. The summed E-state index contributed by atoms with van der Waals surface area (Å²) in [5.41, 5.74) is 2.91. The Morgan fingerprint density at radius 3 is 3.00 bits per heavy atom. The van der Waals surface area contributed by atoms with Crippen molar-refractivity contribution in [1.82, 2.24) is 10.6 Å². The zero-order valence-corrected chi connectivity index (χ0v) is 13.3. The van der Waals surface area contributed by atoms with Gasteiger partial charge in [0.25, 0.3) is 5.91 Å². The zero-order chi connectivity index (χ0) is 15.7. The number of aryl methyl sites for hydroxylation is 1. The Morgan fingerprint density at radius 2 is 2.13 bits per heavy atom. The maximum absolute atomic E-state index is 12.6. The Labute approximate surface area is 136 Å². The van der Waals surface area contributed by atoms with Crippen LogP contribution >= 0.6 is 0 Å². The number of oxime groups is 1. The molecule has 3 aliphatic rings. The van der Waals surface area contributed by atoms with Crippen molar-refractivity contribution in [2.24, 2.45) is 5.16 Å². The number of hydrogen-bond donors (Lipinski definition) is 2. The van der Waals surface area contributed by atoms with Crippen molar-refractivity contribution < 1.29 is 9.63 Å². The Hall–Kier alpha value is -1.88. The van der Waals surface area contributed by atoms with Gasteiger partial charge >= 0.3 is 0 Å². The van der Waals surface area contributed by atoms with Gasteiger partial charge in [0.1, 0.15) is 11.3 Å². The predicted octanol–water partition coefficient (Wildman–Crippen LogP) is 2.08. The van der Waals surface area contributed by atoms with E-state index >= 15 is 0 Å². The molecular weight excluding hydrogens is 290 g/mol. The number of carbonyl (C=O) groups excluding carboxylic acids is 1. The normalized spacial score (nSPS) is 25.4. The number of nitrogens with zero attached hydrogens (tertiary/aromatic N) is 1. The van der Waals surface area contributed by atoms with E-state index in [1.165, 1.54) is 11.1 Å². The number of hydrogen-bond acceptors (Lipinski definition) is 4. The molecule has 4 rings (SSSR count). The van der Waals surface area contributed by atoms with E-state index in [2.05, 4.69) is 34.0 Å². The van der Waals surface area contributed by atoms with Crippen LogP contribution in [0.25, 0.3) is 0 Å². The van der Waals surface area contributed by atoms with Crippen molar-refractivity contribution in [2.45, 2.75) is 50.2 Å². The first-order valence-electron chi connectivity index (χ1n) is 8.60. The lowest BCUT2D eigenvalue weighted by atomic mass is 9.86. The Balaban J connectivity index is 1.43. The molecule has 0 aromatic heterocycles. The summed E-state index contributed by atoms with van der Waals surface area (Å²) in [4.78, 5) is 18.3. The highest BCUT2D eigenvalue weighted by atomic mass is 16.7. The number of amides is 1. The van der Waals surface area contributed by atoms with Gasteiger partial charge in [-0.15, -0.1) is 0 Å². The van der Waals surface area contributed by atoms with Crippen molar-refractivity contribution in [3.8, 4) is 0 Å². The van der Waals surface area contributed by atoms with E-state index in [9.17, 15) is 4.79 Å². The van der Waals surface area contributed by atoms with E-state index in [4.69, 9.17) is 4.84 Å². The molecule has 1 atom stereocenters. The maximum atomic E-state index is 12.6. The van der Waals surface area contributed by atoms with Crippen LogP contribution in [0.4, 0.5) is 0 Å². The van der Waals surface area contributed by atoms with Crippen LogP contribution in [-0.4, -0.2) is 30.3 Å². The van der Waals surface area contributed by atoms with Gasteiger partial charge in [-0.2, -0.15) is 0 Å². The van der Waals surface area contributed by atoms with Gasteiger partial charge in [-0.25, -0.2) is 0 Å². The second-order valence-corrected chi connectivity index (χ2v) is 6.86. The van der Waals surface area contributed by atoms with Crippen LogP contribution < -0.4 is 10.6 Å². The van der Waals surface area contributed by atoms with Gasteiger partial charge in [-0.1, -0.05) is 29.4 Å². The lowest BCUT2D eigenvalue weighted by molar-refractivity contribution is -0.115. The molecule has 2 heterocycles. The fourth-order valence-corrected chi connectivity index (χ4v) is 3.94. The molecule has 0 saturated carbocycles. The molecule has 1 amide bonds. The molecule has 0 unspecified atom stereocenters. The molecular formula is C18H23N3O2. The monoisotopic (exact) mass is 313 g/mol. The third-order valence-electron chi connectivity index (χ3n) is 5.29. The zero-order valence-electron chi connectivity index (χ0n) is 13.3. The van der Waals surface area contributed by atoms with Crippen molar-refractivity contribution >= 4 is 11.6 Å². The van der Waals surface area contributed by atoms with Gasteiger partial charge in [-0.3, -0.25) is 4.79 Å².